The molecule has 0 amide bonds. The van der Waals surface area contributed by atoms with Gasteiger partial charge in [0, 0.05) is 17.1 Å². The first-order chi connectivity index (χ1) is 8.45. The number of phenols is 1. The first-order valence-corrected chi connectivity index (χ1v) is 7.13. The van der Waals surface area contributed by atoms with Gasteiger partial charge in [0.1, 0.15) is 5.75 Å². The monoisotopic (exact) mass is 312 g/mol. The Hall–Kier alpha value is -0.580. The summed E-state index contributed by atoms with van der Waals surface area (Å²) in [6.45, 7) is 5.68. The molecule has 1 saturated heterocycles. The smallest absolute Gasteiger partial charge is 0.121 e. The van der Waals surface area contributed by atoms with Crippen molar-refractivity contribution < 1.29 is 5.11 Å². The van der Waals surface area contributed by atoms with Crippen LogP contribution in [0.1, 0.15) is 29.2 Å². The molecule has 1 aromatic rings. The number of phenolic OH excluding ortho intramolecular Hbond substituents is 1. The molecule has 0 radical (unpaired) electrons. The number of nitrogens with two attached hydrogens (primary N) is 1. The lowest BCUT2D eigenvalue weighted by Crippen LogP contribution is -2.21. The number of aryl methyl sites for hydroxylation is 1. The van der Waals surface area contributed by atoms with Crippen molar-refractivity contribution in [2.75, 3.05) is 20.1 Å². The number of halogens is 1. The van der Waals surface area contributed by atoms with Crippen LogP contribution in [0.15, 0.2) is 10.5 Å². The quantitative estimate of drug-likeness (QED) is 0.883. The summed E-state index contributed by atoms with van der Waals surface area (Å²) in [5.41, 5.74) is 8.88. The second kappa shape index (κ2) is 5.19. The van der Waals surface area contributed by atoms with Gasteiger partial charge in [-0.05, 0) is 62.5 Å². The second-order valence-electron chi connectivity index (χ2n) is 5.36. The second-order valence-corrected chi connectivity index (χ2v) is 6.21. The van der Waals surface area contributed by atoms with E-state index in [2.05, 4.69) is 27.9 Å². The molecular formula is C14H21BrN2O. The van der Waals surface area contributed by atoms with Gasteiger partial charge in [-0.2, -0.15) is 0 Å². The number of nitrogens with zero attached hydrogens (tertiary/aromatic N) is 1. The van der Waals surface area contributed by atoms with Gasteiger partial charge in [-0.15, -0.1) is 0 Å². The zero-order chi connectivity index (χ0) is 13.4. The molecule has 2 rings (SSSR count). The van der Waals surface area contributed by atoms with E-state index < -0.39 is 0 Å². The van der Waals surface area contributed by atoms with Crippen LogP contribution in [-0.2, 0) is 0 Å². The topological polar surface area (TPSA) is 49.5 Å². The van der Waals surface area contributed by atoms with Gasteiger partial charge < -0.3 is 10.8 Å². The number of rotatable bonds is 2. The molecule has 0 bridgehead atoms. The molecule has 3 N–H and O–H groups in total. The van der Waals surface area contributed by atoms with Crippen LogP contribution < -0.4 is 5.73 Å². The zero-order valence-electron chi connectivity index (χ0n) is 11.2. The molecule has 1 aliphatic heterocycles. The Morgan fingerprint density at radius 1 is 1.50 bits per heavy atom. The number of hydrogen-bond acceptors (Lipinski definition) is 3. The predicted octanol–water partition coefficient (Wildman–Crippen LogP) is 2.72. The third-order valence-electron chi connectivity index (χ3n) is 4.03. The minimum atomic E-state index is 0.347. The van der Waals surface area contributed by atoms with Crippen LogP contribution in [0.2, 0.25) is 0 Å². The van der Waals surface area contributed by atoms with E-state index in [1.54, 1.807) is 0 Å². The summed E-state index contributed by atoms with van der Waals surface area (Å²) in [6, 6.07) is 2.35. The molecule has 1 aromatic carbocycles. The van der Waals surface area contributed by atoms with Crippen molar-refractivity contribution >= 4 is 15.9 Å². The summed E-state index contributed by atoms with van der Waals surface area (Å²) in [7, 11) is 2.13. The van der Waals surface area contributed by atoms with E-state index in [1.165, 1.54) is 5.56 Å². The molecular weight excluding hydrogens is 292 g/mol. The van der Waals surface area contributed by atoms with Crippen LogP contribution in [-0.4, -0.2) is 30.1 Å². The van der Waals surface area contributed by atoms with Crippen molar-refractivity contribution in [3.05, 3.63) is 27.2 Å². The lowest BCUT2D eigenvalue weighted by molar-refractivity contribution is 0.311. The molecule has 1 aliphatic rings. The standard InChI is InChI=1S/C14H21BrN2O/c1-8-4-11(15)13(9(2)14(8)18)12-5-10(6-16)7-17(12)3/h4,10,12,18H,5-7,16H2,1-3H3. The van der Waals surface area contributed by atoms with Crippen molar-refractivity contribution in [1.29, 1.82) is 0 Å². The first kappa shape index (κ1) is 13.8. The summed E-state index contributed by atoms with van der Waals surface area (Å²) in [4.78, 5) is 2.33. The summed E-state index contributed by atoms with van der Waals surface area (Å²) in [5.74, 6) is 0.965. The third-order valence-corrected chi connectivity index (χ3v) is 4.69. The number of benzene rings is 1. The van der Waals surface area contributed by atoms with E-state index in [0.29, 0.717) is 17.7 Å². The highest BCUT2D eigenvalue weighted by molar-refractivity contribution is 9.10. The van der Waals surface area contributed by atoms with E-state index in [4.69, 9.17) is 5.73 Å². The van der Waals surface area contributed by atoms with E-state index >= 15 is 0 Å². The van der Waals surface area contributed by atoms with Gasteiger partial charge in [-0.25, -0.2) is 0 Å². The molecule has 18 heavy (non-hydrogen) atoms. The van der Waals surface area contributed by atoms with E-state index in [1.807, 2.05) is 19.9 Å². The van der Waals surface area contributed by atoms with E-state index in [-0.39, 0.29) is 0 Å². The van der Waals surface area contributed by atoms with Crippen LogP contribution in [0.25, 0.3) is 0 Å². The fraction of sp³-hybridized carbons (Fsp3) is 0.571. The summed E-state index contributed by atoms with van der Waals surface area (Å²) < 4.78 is 1.09. The van der Waals surface area contributed by atoms with Gasteiger partial charge in [0.15, 0.2) is 0 Å². The minimum Gasteiger partial charge on any atom is -0.507 e. The van der Waals surface area contributed by atoms with Crippen molar-refractivity contribution in [2.24, 2.45) is 11.7 Å². The largest absolute Gasteiger partial charge is 0.507 e. The average molecular weight is 313 g/mol. The molecule has 1 fully saturated rings. The maximum absolute atomic E-state index is 10.1. The molecule has 0 aliphatic carbocycles. The molecule has 2 unspecified atom stereocenters. The SMILES string of the molecule is Cc1cc(Br)c(C2CC(CN)CN2C)c(C)c1O. The number of hydrogen-bond donors (Lipinski definition) is 2. The average Bonchev–Trinajstić information content (AvgIpc) is 2.68. The molecule has 1 heterocycles. The van der Waals surface area contributed by atoms with E-state index in [0.717, 1.165) is 35.1 Å². The maximum Gasteiger partial charge on any atom is 0.121 e. The van der Waals surface area contributed by atoms with Gasteiger partial charge in [0.2, 0.25) is 0 Å². The molecule has 0 aromatic heterocycles. The van der Waals surface area contributed by atoms with Crippen molar-refractivity contribution in [1.82, 2.24) is 4.90 Å². The Labute approximate surface area is 117 Å². The Kier molecular flexibility index (Phi) is 3.99. The molecule has 3 nitrogen and oxygen atoms in total. The van der Waals surface area contributed by atoms with Gasteiger partial charge in [-0.1, -0.05) is 15.9 Å². The van der Waals surface area contributed by atoms with Crippen LogP contribution in [0.3, 0.4) is 0 Å². The fourth-order valence-electron chi connectivity index (χ4n) is 2.96. The van der Waals surface area contributed by atoms with Crippen molar-refractivity contribution in [3.63, 3.8) is 0 Å². The Morgan fingerprint density at radius 3 is 2.72 bits per heavy atom. The van der Waals surface area contributed by atoms with E-state index in [9.17, 15) is 5.11 Å². The Morgan fingerprint density at radius 2 is 2.17 bits per heavy atom. The predicted molar refractivity (Wildman–Crippen MR) is 77.8 cm³/mol. The first-order valence-electron chi connectivity index (χ1n) is 6.34. The summed E-state index contributed by atoms with van der Waals surface area (Å²) in [6.07, 6.45) is 1.06. The normalized spacial score (nSPS) is 24.7. The Balaban J connectivity index is 2.43. The fourth-order valence-corrected chi connectivity index (χ4v) is 3.87. The highest BCUT2D eigenvalue weighted by atomic mass is 79.9. The third kappa shape index (κ3) is 2.29. The zero-order valence-corrected chi connectivity index (χ0v) is 12.8. The summed E-state index contributed by atoms with van der Waals surface area (Å²) in [5, 5.41) is 10.1. The van der Waals surface area contributed by atoms with Crippen molar-refractivity contribution in [2.45, 2.75) is 26.3 Å². The Bertz CT molecular complexity index is 462. The number of aromatic hydroxyl groups is 1. The molecule has 4 heteroatoms. The molecule has 100 valence electrons. The van der Waals surface area contributed by atoms with Crippen molar-refractivity contribution in [3.8, 4) is 5.75 Å². The van der Waals surface area contributed by atoms with Crippen LogP contribution in [0.4, 0.5) is 0 Å². The van der Waals surface area contributed by atoms with Gasteiger partial charge in [0.05, 0.1) is 0 Å². The van der Waals surface area contributed by atoms with Gasteiger partial charge in [-0.3, -0.25) is 4.90 Å². The minimum absolute atomic E-state index is 0.347. The summed E-state index contributed by atoms with van der Waals surface area (Å²) >= 11 is 3.64. The van der Waals surface area contributed by atoms with Crippen LogP contribution in [0, 0.1) is 19.8 Å². The molecule has 0 saturated carbocycles. The van der Waals surface area contributed by atoms with Gasteiger partial charge in [0.25, 0.3) is 0 Å². The molecule has 0 spiro atoms. The van der Waals surface area contributed by atoms with Crippen LogP contribution in [0.5, 0.6) is 5.75 Å². The molecule has 2 atom stereocenters. The highest BCUT2D eigenvalue weighted by Gasteiger charge is 2.32. The maximum atomic E-state index is 10.1. The van der Waals surface area contributed by atoms with Crippen LogP contribution >= 0.6 is 15.9 Å². The highest BCUT2D eigenvalue weighted by Crippen LogP contribution is 2.42. The lowest BCUT2D eigenvalue weighted by atomic mass is 9.94. The number of likely N-dealkylation sites (tertiary alicyclic amines) is 1. The lowest BCUT2D eigenvalue weighted by Gasteiger charge is -2.24. The van der Waals surface area contributed by atoms with Gasteiger partial charge >= 0.3 is 0 Å².